The van der Waals surface area contributed by atoms with Crippen molar-refractivity contribution in [1.82, 2.24) is 9.71 Å². The van der Waals surface area contributed by atoms with Crippen molar-refractivity contribution >= 4 is 33.3 Å². The number of ketones is 1. The van der Waals surface area contributed by atoms with E-state index in [9.17, 15) is 18.0 Å². The summed E-state index contributed by atoms with van der Waals surface area (Å²) in [4.78, 5) is 29.0. The molecule has 1 heterocycles. The molecule has 0 spiro atoms. The van der Waals surface area contributed by atoms with E-state index in [1.165, 1.54) is 18.3 Å². The number of carbonyl (C=O) groups is 2. The molecule has 1 aromatic rings. The predicted octanol–water partition coefficient (Wildman–Crippen LogP) is 2.68. The predicted molar refractivity (Wildman–Crippen MR) is 112 cm³/mol. The molecule has 0 aliphatic heterocycles. The number of halogens is 1. The summed E-state index contributed by atoms with van der Waals surface area (Å²) < 4.78 is 28.1. The van der Waals surface area contributed by atoms with E-state index in [4.69, 9.17) is 17.3 Å². The van der Waals surface area contributed by atoms with Crippen LogP contribution in [0.25, 0.3) is 0 Å². The number of pyridine rings is 1. The van der Waals surface area contributed by atoms with Crippen LogP contribution >= 0.6 is 11.6 Å². The zero-order valence-electron chi connectivity index (χ0n) is 17.2. The molecule has 4 saturated carbocycles. The number of Topliss-reactive ketones (excluding diaryl/α,β-unsaturated/α-hetero) is 1. The van der Waals surface area contributed by atoms with Gasteiger partial charge in [-0.15, -0.1) is 0 Å². The molecule has 1 aromatic heterocycles. The molecule has 4 aliphatic rings. The van der Waals surface area contributed by atoms with E-state index in [0.717, 1.165) is 32.1 Å². The van der Waals surface area contributed by atoms with Gasteiger partial charge in [-0.25, -0.2) is 13.4 Å². The molecule has 0 aromatic carbocycles. The number of amides is 1. The Labute approximate surface area is 182 Å². The number of nitrogens with two attached hydrogens (primary N) is 1. The highest BCUT2D eigenvalue weighted by Crippen LogP contribution is 2.62. The lowest BCUT2D eigenvalue weighted by molar-refractivity contribution is -0.152. The quantitative estimate of drug-likeness (QED) is 0.615. The Morgan fingerprint density at radius 2 is 1.90 bits per heavy atom. The molecule has 30 heavy (non-hydrogen) atoms. The van der Waals surface area contributed by atoms with E-state index >= 15 is 0 Å². The fraction of sp³-hybridized carbons (Fsp3) is 0.667. The van der Waals surface area contributed by atoms with Crippen LogP contribution in [0.1, 0.15) is 52.4 Å². The fourth-order valence-corrected chi connectivity index (χ4v) is 8.11. The van der Waals surface area contributed by atoms with Crippen molar-refractivity contribution in [3.63, 3.8) is 0 Å². The first kappa shape index (κ1) is 21.7. The lowest BCUT2D eigenvalue weighted by Gasteiger charge is -2.59. The van der Waals surface area contributed by atoms with Gasteiger partial charge in [-0.2, -0.15) is 4.72 Å². The van der Waals surface area contributed by atoms with Gasteiger partial charge in [0.1, 0.15) is 10.0 Å². The number of carbonyl (C=O) groups excluding carboxylic acids is 2. The van der Waals surface area contributed by atoms with Crippen molar-refractivity contribution in [3.8, 4) is 0 Å². The fourth-order valence-electron chi connectivity index (χ4n) is 6.25. The number of sulfonamides is 1. The Kier molecular flexibility index (Phi) is 5.27. The van der Waals surface area contributed by atoms with Crippen LogP contribution in [-0.4, -0.2) is 30.6 Å². The largest absolute Gasteiger partial charge is 0.369 e. The third-order valence-corrected chi connectivity index (χ3v) is 9.61. The molecule has 9 heteroatoms. The number of rotatable bonds is 7. The highest BCUT2D eigenvalue weighted by molar-refractivity contribution is 7.89. The first-order valence-electron chi connectivity index (χ1n) is 10.4. The monoisotopic (exact) mass is 453 g/mol. The summed E-state index contributed by atoms with van der Waals surface area (Å²) in [5.41, 5.74) is 4.06. The first-order valence-corrected chi connectivity index (χ1v) is 12.3. The molecule has 0 saturated heterocycles. The third-order valence-electron chi connectivity index (χ3n) is 7.51. The molecule has 164 valence electrons. The molecular weight excluding hydrogens is 426 g/mol. The maximum Gasteiger partial charge on any atom is 0.244 e. The summed E-state index contributed by atoms with van der Waals surface area (Å²) in [6.07, 6.45) is 6.15. The molecule has 4 aliphatic carbocycles. The summed E-state index contributed by atoms with van der Waals surface area (Å²) in [6.45, 7) is 3.16. The molecule has 2 atom stereocenters. The van der Waals surface area contributed by atoms with Gasteiger partial charge >= 0.3 is 0 Å². The van der Waals surface area contributed by atoms with Gasteiger partial charge in [0, 0.05) is 18.0 Å². The minimum Gasteiger partial charge on any atom is -0.369 e. The molecular formula is C21H28ClN3O4S. The normalized spacial score (nSPS) is 32.9. The van der Waals surface area contributed by atoms with Gasteiger partial charge < -0.3 is 5.73 Å². The van der Waals surface area contributed by atoms with Crippen LogP contribution in [0.4, 0.5) is 0 Å². The SMILES string of the molecule is CC(C)(NS(=O)(=O)c1cccnc1Cl)C(=O)CC1C2CC3CC1CC(C(N)=O)(C3)C2. The highest BCUT2D eigenvalue weighted by Gasteiger charge is 2.58. The molecule has 4 fully saturated rings. The maximum atomic E-state index is 13.2. The van der Waals surface area contributed by atoms with Crippen LogP contribution in [0, 0.1) is 29.1 Å². The lowest BCUT2D eigenvalue weighted by Crippen LogP contribution is -2.57. The molecule has 1 amide bonds. The number of aromatic nitrogens is 1. The van der Waals surface area contributed by atoms with Gasteiger partial charge in [0.05, 0.1) is 5.54 Å². The zero-order valence-corrected chi connectivity index (χ0v) is 18.8. The molecule has 0 radical (unpaired) electrons. The minimum atomic E-state index is -4.00. The minimum absolute atomic E-state index is 0.133. The Bertz CT molecular complexity index is 978. The van der Waals surface area contributed by atoms with Gasteiger partial charge in [0.15, 0.2) is 5.78 Å². The van der Waals surface area contributed by atoms with Crippen LogP contribution in [0.3, 0.4) is 0 Å². The first-order chi connectivity index (χ1) is 13.9. The smallest absolute Gasteiger partial charge is 0.244 e. The lowest BCUT2D eigenvalue weighted by atomic mass is 9.45. The van der Waals surface area contributed by atoms with E-state index in [1.807, 2.05) is 0 Å². The van der Waals surface area contributed by atoms with Crippen LogP contribution in [-0.2, 0) is 19.6 Å². The van der Waals surface area contributed by atoms with E-state index in [0.29, 0.717) is 24.2 Å². The molecule has 3 N–H and O–H groups in total. The number of nitrogens with one attached hydrogen (secondary N) is 1. The van der Waals surface area contributed by atoms with Gasteiger partial charge in [0.25, 0.3) is 0 Å². The zero-order chi connectivity index (χ0) is 21.9. The standard InChI is InChI=1S/C21H28ClN3O4S/c1-20(2,25-30(28,29)16-4-3-5-24-18(16)22)17(26)8-15-13-6-12-7-14(15)11-21(9-12,10-13)19(23)27/h3-5,12-15,25H,6-11H2,1-2H3,(H2,23,27). The Morgan fingerprint density at radius 1 is 1.27 bits per heavy atom. The van der Waals surface area contributed by atoms with Gasteiger partial charge in [-0.1, -0.05) is 11.6 Å². The average Bonchev–Trinajstić information content (AvgIpc) is 2.63. The number of nitrogens with zero attached hydrogens (tertiary/aromatic N) is 1. The van der Waals surface area contributed by atoms with Crippen molar-refractivity contribution in [3.05, 3.63) is 23.5 Å². The number of hydrogen-bond donors (Lipinski definition) is 2. The number of hydrogen-bond acceptors (Lipinski definition) is 5. The molecule has 7 nitrogen and oxygen atoms in total. The van der Waals surface area contributed by atoms with Crippen molar-refractivity contribution in [2.75, 3.05) is 0 Å². The second-order valence-corrected chi connectivity index (χ2v) is 11.9. The maximum absolute atomic E-state index is 13.2. The second kappa shape index (κ2) is 7.28. The summed E-state index contributed by atoms with van der Waals surface area (Å²) >= 11 is 5.94. The van der Waals surface area contributed by atoms with Gasteiger partial charge in [-0.05, 0) is 81.8 Å². The van der Waals surface area contributed by atoms with Crippen molar-refractivity contribution in [1.29, 1.82) is 0 Å². The van der Waals surface area contributed by atoms with Gasteiger partial charge in [-0.3, -0.25) is 9.59 Å². The Morgan fingerprint density at radius 3 is 2.47 bits per heavy atom. The highest BCUT2D eigenvalue weighted by atomic mass is 35.5. The van der Waals surface area contributed by atoms with Gasteiger partial charge in [0.2, 0.25) is 15.9 Å². The van der Waals surface area contributed by atoms with Crippen LogP contribution in [0.5, 0.6) is 0 Å². The van der Waals surface area contributed by atoms with E-state index < -0.39 is 21.0 Å². The Balaban J connectivity index is 1.49. The molecule has 4 bridgehead atoms. The van der Waals surface area contributed by atoms with E-state index in [2.05, 4.69) is 9.71 Å². The van der Waals surface area contributed by atoms with Crippen molar-refractivity contribution in [2.45, 2.75) is 62.8 Å². The molecule has 2 unspecified atom stereocenters. The average molecular weight is 454 g/mol. The van der Waals surface area contributed by atoms with Crippen LogP contribution in [0.15, 0.2) is 23.2 Å². The van der Waals surface area contributed by atoms with Crippen molar-refractivity contribution < 1.29 is 18.0 Å². The number of primary amides is 1. The summed E-state index contributed by atoms with van der Waals surface area (Å²) in [5, 5.41) is -0.133. The summed E-state index contributed by atoms with van der Waals surface area (Å²) in [5.74, 6) is 0.929. The topological polar surface area (TPSA) is 119 Å². The van der Waals surface area contributed by atoms with Crippen LogP contribution in [0.2, 0.25) is 5.15 Å². The van der Waals surface area contributed by atoms with Crippen LogP contribution < -0.4 is 10.5 Å². The second-order valence-electron chi connectivity index (χ2n) is 9.93. The molecule has 5 rings (SSSR count). The van der Waals surface area contributed by atoms with E-state index in [1.54, 1.807) is 13.8 Å². The summed E-state index contributed by atoms with van der Waals surface area (Å²) in [7, 11) is -4.00. The third kappa shape index (κ3) is 3.67. The summed E-state index contributed by atoms with van der Waals surface area (Å²) in [6, 6.07) is 2.84. The van der Waals surface area contributed by atoms with Crippen molar-refractivity contribution in [2.24, 2.45) is 34.8 Å². The van der Waals surface area contributed by atoms with E-state index in [-0.39, 0.29) is 27.7 Å². The Hall–Kier alpha value is -1.51.